The van der Waals surface area contributed by atoms with Crippen molar-refractivity contribution in [1.29, 1.82) is 0 Å². The Balaban J connectivity index is 1.83. The first kappa shape index (κ1) is 9.12. The molecule has 4 heteroatoms. The van der Waals surface area contributed by atoms with Crippen molar-refractivity contribution in [1.82, 2.24) is 10.3 Å². The van der Waals surface area contributed by atoms with E-state index in [4.69, 9.17) is 4.74 Å². The SMILES string of the molecule is Brc1ccc(COC2CNC2)nc1. The molecule has 70 valence electrons. The number of hydrogen-bond acceptors (Lipinski definition) is 3. The predicted molar refractivity (Wildman–Crippen MR) is 53.4 cm³/mol. The van der Waals surface area contributed by atoms with Crippen molar-refractivity contribution in [2.75, 3.05) is 13.1 Å². The number of ether oxygens (including phenoxy) is 1. The number of rotatable bonds is 3. The topological polar surface area (TPSA) is 34.1 Å². The van der Waals surface area contributed by atoms with E-state index in [9.17, 15) is 0 Å². The van der Waals surface area contributed by atoms with Gasteiger partial charge >= 0.3 is 0 Å². The molecule has 0 unspecified atom stereocenters. The molecule has 0 radical (unpaired) electrons. The Labute approximate surface area is 85.6 Å². The zero-order valence-corrected chi connectivity index (χ0v) is 8.75. The largest absolute Gasteiger partial charge is 0.369 e. The second kappa shape index (κ2) is 4.17. The van der Waals surface area contributed by atoms with Crippen LogP contribution in [0.15, 0.2) is 22.8 Å². The summed E-state index contributed by atoms with van der Waals surface area (Å²) >= 11 is 3.34. The van der Waals surface area contributed by atoms with E-state index < -0.39 is 0 Å². The summed E-state index contributed by atoms with van der Waals surface area (Å²) in [5.74, 6) is 0. The Bertz CT molecular complexity index is 271. The van der Waals surface area contributed by atoms with Crippen LogP contribution in [0.5, 0.6) is 0 Å². The average molecular weight is 243 g/mol. The Morgan fingerprint density at radius 2 is 2.38 bits per heavy atom. The van der Waals surface area contributed by atoms with Gasteiger partial charge in [-0.2, -0.15) is 0 Å². The van der Waals surface area contributed by atoms with Gasteiger partial charge in [-0.15, -0.1) is 0 Å². The van der Waals surface area contributed by atoms with Crippen molar-refractivity contribution in [3.05, 3.63) is 28.5 Å². The lowest BCUT2D eigenvalue weighted by atomic mass is 10.2. The van der Waals surface area contributed by atoms with Crippen LogP contribution in [0.25, 0.3) is 0 Å². The summed E-state index contributed by atoms with van der Waals surface area (Å²) in [6, 6.07) is 3.95. The first-order chi connectivity index (χ1) is 6.34. The van der Waals surface area contributed by atoms with E-state index in [-0.39, 0.29) is 0 Å². The van der Waals surface area contributed by atoms with Gasteiger partial charge < -0.3 is 10.1 Å². The molecule has 3 nitrogen and oxygen atoms in total. The molecule has 1 saturated heterocycles. The average Bonchev–Trinajstić information content (AvgIpc) is 2.05. The van der Waals surface area contributed by atoms with Gasteiger partial charge in [0.1, 0.15) is 0 Å². The fourth-order valence-corrected chi connectivity index (χ4v) is 1.31. The number of aromatic nitrogens is 1. The molecule has 0 spiro atoms. The third-order valence-electron chi connectivity index (χ3n) is 2.00. The monoisotopic (exact) mass is 242 g/mol. The zero-order valence-electron chi connectivity index (χ0n) is 7.16. The molecular weight excluding hydrogens is 232 g/mol. The van der Waals surface area contributed by atoms with Gasteiger partial charge in [-0.25, -0.2) is 0 Å². The van der Waals surface area contributed by atoms with Gasteiger partial charge in [0, 0.05) is 23.8 Å². The third kappa shape index (κ3) is 2.49. The Morgan fingerprint density at radius 1 is 1.54 bits per heavy atom. The second-order valence-corrected chi connectivity index (χ2v) is 3.97. The maximum Gasteiger partial charge on any atom is 0.0892 e. The molecule has 1 N–H and O–H groups in total. The second-order valence-electron chi connectivity index (χ2n) is 3.06. The van der Waals surface area contributed by atoms with Crippen LogP contribution in [-0.4, -0.2) is 24.2 Å². The highest BCUT2D eigenvalue weighted by Crippen LogP contribution is 2.09. The van der Waals surface area contributed by atoms with Crippen LogP contribution in [0.3, 0.4) is 0 Å². The smallest absolute Gasteiger partial charge is 0.0892 e. The maximum atomic E-state index is 5.56. The summed E-state index contributed by atoms with van der Waals surface area (Å²) in [5.41, 5.74) is 0.982. The van der Waals surface area contributed by atoms with Gasteiger partial charge in [0.2, 0.25) is 0 Å². The van der Waals surface area contributed by atoms with Crippen molar-refractivity contribution >= 4 is 15.9 Å². The van der Waals surface area contributed by atoms with E-state index in [1.54, 1.807) is 6.20 Å². The van der Waals surface area contributed by atoms with Crippen molar-refractivity contribution in [3.63, 3.8) is 0 Å². The summed E-state index contributed by atoms with van der Waals surface area (Å²) in [5, 5.41) is 3.15. The molecule has 13 heavy (non-hydrogen) atoms. The van der Waals surface area contributed by atoms with Gasteiger partial charge in [-0.3, -0.25) is 4.98 Å². The molecular formula is C9H11BrN2O. The van der Waals surface area contributed by atoms with Crippen molar-refractivity contribution in [2.45, 2.75) is 12.7 Å². The van der Waals surface area contributed by atoms with Gasteiger partial charge in [0.25, 0.3) is 0 Å². The lowest BCUT2D eigenvalue weighted by Crippen LogP contribution is -2.48. The van der Waals surface area contributed by atoms with E-state index in [1.165, 1.54) is 0 Å². The summed E-state index contributed by atoms with van der Waals surface area (Å²) in [4.78, 5) is 4.22. The third-order valence-corrected chi connectivity index (χ3v) is 2.47. The number of nitrogens with zero attached hydrogens (tertiary/aromatic N) is 1. The van der Waals surface area contributed by atoms with Gasteiger partial charge in [0.05, 0.1) is 18.4 Å². The van der Waals surface area contributed by atoms with Gasteiger partial charge in [-0.05, 0) is 28.1 Å². The fourth-order valence-electron chi connectivity index (χ4n) is 1.08. The molecule has 0 amide bonds. The van der Waals surface area contributed by atoms with Crippen molar-refractivity contribution < 1.29 is 4.74 Å². The van der Waals surface area contributed by atoms with Crippen LogP contribution in [0, 0.1) is 0 Å². The van der Waals surface area contributed by atoms with Crippen LogP contribution >= 0.6 is 15.9 Å². The summed E-state index contributed by atoms with van der Waals surface area (Å²) in [6.07, 6.45) is 2.17. The van der Waals surface area contributed by atoms with Crippen molar-refractivity contribution in [3.8, 4) is 0 Å². The van der Waals surface area contributed by atoms with Gasteiger partial charge in [0.15, 0.2) is 0 Å². The molecule has 1 fully saturated rings. The zero-order chi connectivity index (χ0) is 9.10. The molecule has 0 aliphatic carbocycles. The lowest BCUT2D eigenvalue weighted by Gasteiger charge is -2.26. The molecule has 2 rings (SSSR count). The minimum atomic E-state index is 0.380. The van der Waals surface area contributed by atoms with Gasteiger partial charge in [-0.1, -0.05) is 0 Å². The van der Waals surface area contributed by atoms with Crippen LogP contribution in [0.2, 0.25) is 0 Å². The first-order valence-electron chi connectivity index (χ1n) is 4.27. The standard InChI is InChI=1S/C9H11BrN2O/c10-7-1-2-8(12-3-7)6-13-9-4-11-5-9/h1-3,9,11H,4-6H2. The molecule has 0 aromatic carbocycles. The Kier molecular flexibility index (Phi) is 2.93. The number of halogens is 1. The minimum absolute atomic E-state index is 0.380. The van der Waals surface area contributed by atoms with Crippen LogP contribution in [0.4, 0.5) is 0 Å². The maximum absolute atomic E-state index is 5.56. The highest BCUT2D eigenvalue weighted by atomic mass is 79.9. The van der Waals surface area contributed by atoms with E-state index >= 15 is 0 Å². The highest BCUT2D eigenvalue weighted by molar-refractivity contribution is 9.10. The van der Waals surface area contributed by atoms with Crippen molar-refractivity contribution in [2.24, 2.45) is 0 Å². The molecule has 2 heterocycles. The molecule has 1 aromatic rings. The number of nitrogens with one attached hydrogen (secondary N) is 1. The lowest BCUT2D eigenvalue weighted by molar-refractivity contribution is 0.00605. The summed E-state index contributed by atoms with van der Waals surface area (Å²) in [7, 11) is 0. The molecule has 0 atom stereocenters. The van der Waals surface area contributed by atoms with E-state index in [2.05, 4.69) is 26.2 Å². The van der Waals surface area contributed by atoms with Crippen LogP contribution in [0.1, 0.15) is 5.69 Å². The van der Waals surface area contributed by atoms with E-state index in [1.807, 2.05) is 12.1 Å². The van der Waals surface area contributed by atoms with E-state index in [0.717, 1.165) is 23.3 Å². The minimum Gasteiger partial charge on any atom is -0.369 e. The fraction of sp³-hybridized carbons (Fsp3) is 0.444. The molecule has 1 aliphatic heterocycles. The molecule has 1 aliphatic rings. The molecule has 0 saturated carbocycles. The summed E-state index contributed by atoms with van der Waals surface area (Å²) < 4.78 is 6.56. The number of hydrogen-bond donors (Lipinski definition) is 1. The highest BCUT2D eigenvalue weighted by Gasteiger charge is 2.16. The predicted octanol–water partition coefficient (Wildman–Crippen LogP) is 1.33. The summed E-state index contributed by atoms with van der Waals surface area (Å²) in [6.45, 7) is 2.55. The van der Waals surface area contributed by atoms with Crippen LogP contribution in [-0.2, 0) is 11.3 Å². The molecule has 1 aromatic heterocycles. The quantitative estimate of drug-likeness (QED) is 0.869. The Morgan fingerprint density at radius 3 is 2.92 bits per heavy atom. The first-order valence-corrected chi connectivity index (χ1v) is 5.06. The van der Waals surface area contributed by atoms with Crippen LogP contribution < -0.4 is 5.32 Å². The normalized spacial score (nSPS) is 17.0. The Hall–Kier alpha value is -0.450. The van der Waals surface area contributed by atoms with E-state index in [0.29, 0.717) is 12.7 Å². The molecule has 0 bridgehead atoms. The number of pyridine rings is 1.